The second-order valence-corrected chi connectivity index (χ2v) is 4.24. The van der Waals surface area contributed by atoms with Gasteiger partial charge in [-0.2, -0.15) is 0 Å². The van der Waals surface area contributed by atoms with Crippen LogP contribution in [0.5, 0.6) is 0 Å². The van der Waals surface area contributed by atoms with E-state index in [4.69, 9.17) is 0 Å². The Morgan fingerprint density at radius 3 is 2.56 bits per heavy atom. The Bertz CT molecular complexity index is 267. The Labute approximate surface area is 97.8 Å². The van der Waals surface area contributed by atoms with E-state index in [0.29, 0.717) is 18.2 Å². The molecule has 3 nitrogen and oxygen atoms in total. The van der Waals surface area contributed by atoms with Crippen molar-refractivity contribution >= 4 is 5.97 Å². The maximum Gasteiger partial charge on any atom is 0.334 e. The number of carbonyl (C=O) groups is 1. The van der Waals surface area contributed by atoms with Crippen LogP contribution in [0.2, 0.25) is 0 Å². The van der Waals surface area contributed by atoms with Gasteiger partial charge in [0.1, 0.15) is 0 Å². The molecule has 1 saturated carbocycles. The first-order chi connectivity index (χ1) is 7.69. The Hall–Kier alpha value is -1.25. The number of ether oxygens (including phenoxy) is 1. The average molecular weight is 223 g/mol. The van der Waals surface area contributed by atoms with Gasteiger partial charge in [0.15, 0.2) is 0 Å². The SMILES string of the molecule is C=CN(CC(=C)C(=O)OC)C1CCCCC1. The molecule has 3 heteroatoms. The molecule has 0 aromatic heterocycles. The van der Waals surface area contributed by atoms with E-state index in [1.807, 2.05) is 6.20 Å². The third-order valence-corrected chi connectivity index (χ3v) is 3.13. The summed E-state index contributed by atoms with van der Waals surface area (Å²) in [6.07, 6.45) is 8.02. The predicted octanol–water partition coefficient (Wildman–Crippen LogP) is 2.49. The number of hydrogen-bond donors (Lipinski definition) is 0. The van der Waals surface area contributed by atoms with Crippen molar-refractivity contribution in [3.63, 3.8) is 0 Å². The fourth-order valence-corrected chi connectivity index (χ4v) is 2.18. The Morgan fingerprint density at radius 2 is 2.06 bits per heavy atom. The summed E-state index contributed by atoms with van der Waals surface area (Å²) >= 11 is 0. The summed E-state index contributed by atoms with van der Waals surface area (Å²) in [6, 6.07) is 0.507. The van der Waals surface area contributed by atoms with E-state index < -0.39 is 0 Å². The van der Waals surface area contributed by atoms with Gasteiger partial charge in [0.2, 0.25) is 0 Å². The molecule has 0 aliphatic heterocycles. The summed E-state index contributed by atoms with van der Waals surface area (Å²) < 4.78 is 4.65. The van der Waals surface area contributed by atoms with Crippen LogP contribution in [0.15, 0.2) is 24.9 Å². The zero-order valence-corrected chi connectivity index (χ0v) is 10.1. The van der Waals surface area contributed by atoms with Crippen molar-refractivity contribution in [2.45, 2.75) is 38.1 Å². The van der Waals surface area contributed by atoms with Gasteiger partial charge in [-0.15, -0.1) is 0 Å². The molecule has 0 saturated heterocycles. The number of rotatable bonds is 5. The van der Waals surface area contributed by atoms with Crippen molar-refractivity contribution in [3.8, 4) is 0 Å². The van der Waals surface area contributed by atoms with Crippen LogP contribution >= 0.6 is 0 Å². The molecular formula is C13H21NO2. The summed E-state index contributed by atoms with van der Waals surface area (Å²) in [5, 5.41) is 0. The van der Waals surface area contributed by atoms with E-state index in [1.54, 1.807) is 0 Å². The minimum Gasteiger partial charge on any atom is -0.466 e. The lowest BCUT2D eigenvalue weighted by molar-refractivity contribution is -0.136. The molecule has 0 aromatic rings. The minimum atomic E-state index is -0.331. The lowest BCUT2D eigenvalue weighted by Crippen LogP contribution is -2.34. The zero-order valence-electron chi connectivity index (χ0n) is 10.1. The lowest BCUT2D eigenvalue weighted by Gasteiger charge is -2.33. The molecule has 1 rings (SSSR count). The van der Waals surface area contributed by atoms with Gasteiger partial charge in [0.25, 0.3) is 0 Å². The molecule has 0 aromatic carbocycles. The van der Waals surface area contributed by atoms with Crippen molar-refractivity contribution in [3.05, 3.63) is 24.9 Å². The summed E-state index contributed by atoms with van der Waals surface area (Å²) in [5.41, 5.74) is 0.493. The van der Waals surface area contributed by atoms with Gasteiger partial charge in [-0.25, -0.2) is 4.79 Å². The molecule has 90 valence electrons. The second kappa shape index (κ2) is 6.36. The van der Waals surface area contributed by atoms with E-state index >= 15 is 0 Å². The standard InChI is InChI=1S/C13H21NO2/c1-4-14(10-11(2)13(15)16-3)12-8-6-5-7-9-12/h4,12H,1-2,5-10H2,3H3. The predicted molar refractivity (Wildman–Crippen MR) is 64.9 cm³/mol. The largest absolute Gasteiger partial charge is 0.466 e. The van der Waals surface area contributed by atoms with Crippen molar-refractivity contribution in [2.24, 2.45) is 0 Å². The van der Waals surface area contributed by atoms with Gasteiger partial charge in [-0.3, -0.25) is 0 Å². The first-order valence-corrected chi connectivity index (χ1v) is 5.83. The Morgan fingerprint density at radius 1 is 1.44 bits per heavy atom. The molecular weight excluding hydrogens is 202 g/mol. The van der Waals surface area contributed by atoms with Crippen LogP contribution in [0.25, 0.3) is 0 Å². The van der Waals surface area contributed by atoms with Crippen molar-refractivity contribution in [1.82, 2.24) is 4.90 Å². The molecule has 0 heterocycles. The van der Waals surface area contributed by atoms with Crippen LogP contribution in [0.4, 0.5) is 0 Å². The fourth-order valence-electron chi connectivity index (χ4n) is 2.18. The third-order valence-electron chi connectivity index (χ3n) is 3.13. The molecule has 0 bridgehead atoms. The topological polar surface area (TPSA) is 29.5 Å². The van der Waals surface area contributed by atoms with Crippen LogP contribution in [-0.2, 0) is 9.53 Å². The highest BCUT2D eigenvalue weighted by Crippen LogP contribution is 2.23. The lowest BCUT2D eigenvalue weighted by atomic mass is 9.94. The fraction of sp³-hybridized carbons (Fsp3) is 0.615. The van der Waals surface area contributed by atoms with E-state index in [-0.39, 0.29) is 5.97 Å². The normalized spacial score (nSPS) is 16.6. The maximum absolute atomic E-state index is 11.3. The highest BCUT2D eigenvalue weighted by Gasteiger charge is 2.20. The second-order valence-electron chi connectivity index (χ2n) is 4.24. The summed E-state index contributed by atoms with van der Waals surface area (Å²) in [5.74, 6) is -0.331. The van der Waals surface area contributed by atoms with Crippen molar-refractivity contribution < 1.29 is 9.53 Å². The minimum absolute atomic E-state index is 0.331. The maximum atomic E-state index is 11.3. The summed E-state index contributed by atoms with van der Waals surface area (Å²) in [6.45, 7) is 8.08. The molecule has 1 fully saturated rings. The molecule has 0 radical (unpaired) electrons. The first kappa shape index (κ1) is 12.8. The van der Waals surface area contributed by atoms with Crippen LogP contribution in [0.3, 0.4) is 0 Å². The van der Waals surface area contributed by atoms with Gasteiger partial charge < -0.3 is 9.64 Å². The molecule has 0 atom stereocenters. The highest BCUT2D eigenvalue weighted by molar-refractivity contribution is 5.88. The Kier molecular flexibility index (Phi) is 5.09. The molecule has 0 amide bonds. The molecule has 1 aliphatic carbocycles. The van der Waals surface area contributed by atoms with Gasteiger partial charge in [-0.1, -0.05) is 32.4 Å². The summed E-state index contributed by atoms with van der Waals surface area (Å²) in [7, 11) is 1.38. The van der Waals surface area contributed by atoms with Crippen molar-refractivity contribution in [1.29, 1.82) is 0 Å². The van der Waals surface area contributed by atoms with Crippen molar-refractivity contribution in [2.75, 3.05) is 13.7 Å². The van der Waals surface area contributed by atoms with Crippen LogP contribution in [-0.4, -0.2) is 30.6 Å². The van der Waals surface area contributed by atoms with Gasteiger partial charge in [0, 0.05) is 18.2 Å². The van der Waals surface area contributed by atoms with E-state index in [1.165, 1.54) is 39.2 Å². The van der Waals surface area contributed by atoms with Gasteiger partial charge in [0.05, 0.1) is 7.11 Å². The van der Waals surface area contributed by atoms with E-state index in [2.05, 4.69) is 22.8 Å². The number of esters is 1. The van der Waals surface area contributed by atoms with Crippen LogP contribution in [0.1, 0.15) is 32.1 Å². The molecule has 0 spiro atoms. The molecule has 16 heavy (non-hydrogen) atoms. The number of nitrogens with zero attached hydrogens (tertiary/aromatic N) is 1. The number of methoxy groups -OCH3 is 1. The quantitative estimate of drug-likeness (QED) is 0.530. The van der Waals surface area contributed by atoms with E-state index in [0.717, 1.165) is 0 Å². The molecule has 0 unspecified atom stereocenters. The zero-order chi connectivity index (χ0) is 12.0. The van der Waals surface area contributed by atoms with Gasteiger partial charge in [-0.05, 0) is 19.0 Å². The van der Waals surface area contributed by atoms with Crippen LogP contribution < -0.4 is 0 Å². The summed E-state index contributed by atoms with van der Waals surface area (Å²) in [4.78, 5) is 13.4. The van der Waals surface area contributed by atoms with Crippen LogP contribution in [0, 0.1) is 0 Å². The molecule has 0 N–H and O–H groups in total. The Balaban J connectivity index is 2.50. The van der Waals surface area contributed by atoms with Gasteiger partial charge >= 0.3 is 5.97 Å². The number of carbonyl (C=O) groups excluding carboxylic acids is 1. The monoisotopic (exact) mass is 223 g/mol. The third kappa shape index (κ3) is 3.40. The first-order valence-electron chi connectivity index (χ1n) is 5.83. The van der Waals surface area contributed by atoms with E-state index in [9.17, 15) is 4.79 Å². The smallest absolute Gasteiger partial charge is 0.334 e. The average Bonchev–Trinajstić information content (AvgIpc) is 2.35. The molecule has 1 aliphatic rings. The number of hydrogen-bond acceptors (Lipinski definition) is 3. The highest BCUT2D eigenvalue weighted by atomic mass is 16.5.